The number of hydrogen-bond donors (Lipinski definition) is 1. The molecule has 2 aliphatic heterocycles. The number of nitrogens with zero attached hydrogens (tertiary/aromatic N) is 1. The minimum Gasteiger partial charge on any atom is -0.486 e. The standard InChI is InChI=1S/C13H18N2O2/c1-15-10(8-14)3-2-9-6-12-13(7-11(9)15)17-5-4-16-12/h6-7,10H,2-5,8,14H2,1H3. The molecule has 0 spiro atoms. The van der Waals surface area contributed by atoms with Crippen molar-refractivity contribution >= 4 is 5.69 Å². The Balaban J connectivity index is 2.01. The van der Waals surface area contributed by atoms with Crippen molar-refractivity contribution in [1.82, 2.24) is 0 Å². The number of hydrogen-bond acceptors (Lipinski definition) is 4. The van der Waals surface area contributed by atoms with Gasteiger partial charge in [0.25, 0.3) is 0 Å². The predicted molar refractivity (Wildman–Crippen MR) is 67.0 cm³/mol. The van der Waals surface area contributed by atoms with Crippen LogP contribution in [-0.4, -0.2) is 32.8 Å². The van der Waals surface area contributed by atoms with E-state index in [0.717, 1.165) is 24.3 Å². The molecule has 0 saturated heterocycles. The summed E-state index contributed by atoms with van der Waals surface area (Å²) >= 11 is 0. The molecule has 3 rings (SSSR count). The van der Waals surface area contributed by atoms with Gasteiger partial charge in [-0.2, -0.15) is 0 Å². The molecule has 0 saturated carbocycles. The molecule has 0 bridgehead atoms. The molecule has 0 fully saturated rings. The minimum atomic E-state index is 0.435. The zero-order chi connectivity index (χ0) is 11.8. The topological polar surface area (TPSA) is 47.7 Å². The first-order valence-corrected chi connectivity index (χ1v) is 6.15. The lowest BCUT2D eigenvalue weighted by Crippen LogP contribution is -2.41. The van der Waals surface area contributed by atoms with E-state index < -0.39 is 0 Å². The van der Waals surface area contributed by atoms with Gasteiger partial charge in [0.05, 0.1) is 0 Å². The molecule has 2 aliphatic rings. The highest BCUT2D eigenvalue weighted by Crippen LogP contribution is 2.40. The zero-order valence-electron chi connectivity index (χ0n) is 10.1. The number of anilines is 1. The molecule has 92 valence electrons. The largest absolute Gasteiger partial charge is 0.486 e. The molecule has 0 aromatic heterocycles. The highest BCUT2D eigenvalue weighted by Gasteiger charge is 2.25. The van der Waals surface area contributed by atoms with E-state index in [1.54, 1.807) is 0 Å². The van der Waals surface area contributed by atoms with Crippen molar-refractivity contribution in [3.8, 4) is 11.5 Å². The third kappa shape index (κ3) is 1.72. The lowest BCUT2D eigenvalue weighted by molar-refractivity contribution is 0.171. The molecule has 0 radical (unpaired) electrons. The molecule has 1 unspecified atom stereocenters. The molecular weight excluding hydrogens is 216 g/mol. The first kappa shape index (κ1) is 10.7. The van der Waals surface area contributed by atoms with Crippen LogP contribution in [0.3, 0.4) is 0 Å². The van der Waals surface area contributed by atoms with Gasteiger partial charge < -0.3 is 20.1 Å². The maximum absolute atomic E-state index is 5.79. The van der Waals surface area contributed by atoms with Crippen molar-refractivity contribution in [2.45, 2.75) is 18.9 Å². The fraction of sp³-hybridized carbons (Fsp3) is 0.538. The summed E-state index contributed by atoms with van der Waals surface area (Å²) in [5.41, 5.74) is 8.36. The van der Waals surface area contributed by atoms with Gasteiger partial charge in [0.1, 0.15) is 13.2 Å². The Morgan fingerprint density at radius 1 is 1.29 bits per heavy atom. The first-order valence-electron chi connectivity index (χ1n) is 6.15. The summed E-state index contributed by atoms with van der Waals surface area (Å²) in [5.74, 6) is 1.74. The molecule has 17 heavy (non-hydrogen) atoms. The molecule has 4 heteroatoms. The van der Waals surface area contributed by atoms with Gasteiger partial charge in [-0.25, -0.2) is 0 Å². The lowest BCUT2D eigenvalue weighted by atomic mass is 9.95. The Kier molecular flexibility index (Phi) is 2.59. The van der Waals surface area contributed by atoms with Crippen molar-refractivity contribution in [2.75, 3.05) is 31.7 Å². The normalized spacial score (nSPS) is 22.2. The molecule has 1 aromatic rings. The van der Waals surface area contributed by atoms with E-state index in [1.165, 1.54) is 11.3 Å². The van der Waals surface area contributed by atoms with E-state index >= 15 is 0 Å². The highest BCUT2D eigenvalue weighted by molar-refractivity contribution is 5.64. The quantitative estimate of drug-likeness (QED) is 0.792. The monoisotopic (exact) mass is 234 g/mol. The predicted octanol–water partition coefficient (Wildman–Crippen LogP) is 1.17. The van der Waals surface area contributed by atoms with Gasteiger partial charge in [0.2, 0.25) is 0 Å². The van der Waals surface area contributed by atoms with Gasteiger partial charge >= 0.3 is 0 Å². The summed E-state index contributed by atoms with van der Waals surface area (Å²) < 4.78 is 11.2. The van der Waals surface area contributed by atoms with Crippen LogP contribution in [0.2, 0.25) is 0 Å². The molecule has 4 nitrogen and oxygen atoms in total. The highest BCUT2D eigenvalue weighted by atomic mass is 16.6. The number of rotatable bonds is 1. The van der Waals surface area contributed by atoms with Gasteiger partial charge in [0.15, 0.2) is 11.5 Å². The van der Waals surface area contributed by atoms with Gasteiger partial charge in [-0.15, -0.1) is 0 Å². The first-order chi connectivity index (χ1) is 8.29. The molecule has 1 atom stereocenters. The smallest absolute Gasteiger partial charge is 0.163 e. The Labute approximate surface area is 101 Å². The summed E-state index contributed by atoms with van der Waals surface area (Å²) in [4.78, 5) is 2.26. The van der Waals surface area contributed by atoms with E-state index in [1.807, 2.05) is 0 Å². The fourth-order valence-electron chi connectivity index (χ4n) is 2.64. The van der Waals surface area contributed by atoms with Crippen LogP contribution >= 0.6 is 0 Å². The zero-order valence-corrected chi connectivity index (χ0v) is 10.1. The van der Waals surface area contributed by atoms with E-state index in [2.05, 4.69) is 24.1 Å². The number of nitrogens with two attached hydrogens (primary N) is 1. The minimum absolute atomic E-state index is 0.435. The van der Waals surface area contributed by atoms with Crippen LogP contribution in [0.4, 0.5) is 5.69 Å². The maximum atomic E-state index is 5.79. The second kappa shape index (κ2) is 4.11. The van der Waals surface area contributed by atoms with Crippen LogP contribution < -0.4 is 20.1 Å². The second-order valence-electron chi connectivity index (χ2n) is 4.66. The van der Waals surface area contributed by atoms with Crippen molar-refractivity contribution in [1.29, 1.82) is 0 Å². The van der Waals surface area contributed by atoms with Crippen LogP contribution in [0.15, 0.2) is 12.1 Å². The lowest BCUT2D eigenvalue weighted by Gasteiger charge is -2.36. The van der Waals surface area contributed by atoms with Crippen LogP contribution in [0.5, 0.6) is 11.5 Å². The summed E-state index contributed by atoms with van der Waals surface area (Å²) in [6.07, 6.45) is 2.18. The van der Waals surface area contributed by atoms with Crippen molar-refractivity contribution in [3.63, 3.8) is 0 Å². The summed E-state index contributed by atoms with van der Waals surface area (Å²) in [6.45, 7) is 1.98. The summed E-state index contributed by atoms with van der Waals surface area (Å²) in [7, 11) is 2.10. The molecular formula is C13H18N2O2. The summed E-state index contributed by atoms with van der Waals surface area (Å²) in [6, 6.07) is 4.64. The Morgan fingerprint density at radius 3 is 2.71 bits per heavy atom. The number of fused-ring (bicyclic) bond motifs is 2. The second-order valence-corrected chi connectivity index (χ2v) is 4.66. The van der Waals surface area contributed by atoms with E-state index in [9.17, 15) is 0 Å². The Bertz CT molecular complexity index is 434. The van der Waals surface area contributed by atoms with Crippen LogP contribution in [0.25, 0.3) is 0 Å². The number of likely N-dealkylation sites (N-methyl/N-ethyl adjacent to an activating group) is 1. The Hall–Kier alpha value is -1.42. The molecule has 1 aromatic carbocycles. The molecule has 2 N–H and O–H groups in total. The maximum Gasteiger partial charge on any atom is 0.163 e. The van der Waals surface area contributed by atoms with E-state index in [0.29, 0.717) is 25.8 Å². The van der Waals surface area contributed by atoms with Crippen molar-refractivity contribution < 1.29 is 9.47 Å². The van der Waals surface area contributed by atoms with Gasteiger partial charge in [-0.1, -0.05) is 0 Å². The molecule has 0 amide bonds. The third-order valence-electron chi connectivity index (χ3n) is 3.69. The molecule has 2 heterocycles. The van der Waals surface area contributed by atoms with Crippen LogP contribution in [0, 0.1) is 0 Å². The number of benzene rings is 1. The van der Waals surface area contributed by atoms with Crippen molar-refractivity contribution in [3.05, 3.63) is 17.7 Å². The van der Waals surface area contributed by atoms with Gasteiger partial charge in [-0.05, 0) is 24.5 Å². The average molecular weight is 234 g/mol. The van der Waals surface area contributed by atoms with Crippen molar-refractivity contribution in [2.24, 2.45) is 5.73 Å². The van der Waals surface area contributed by atoms with E-state index in [4.69, 9.17) is 15.2 Å². The fourth-order valence-corrected chi connectivity index (χ4v) is 2.64. The average Bonchev–Trinajstić information content (AvgIpc) is 2.37. The van der Waals surface area contributed by atoms with Gasteiger partial charge in [0, 0.05) is 31.4 Å². The van der Waals surface area contributed by atoms with Crippen LogP contribution in [0.1, 0.15) is 12.0 Å². The SMILES string of the molecule is CN1c2cc3c(cc2CCC1CN)OCCO3. The number of aryl methyl sites for hydroxylation is 1. The van der Waals surface area contributed by atoms with E-state index in [-0.39, 0.29) is 0 Å². The summed E-state index contributed by atoms with van der Waals surface area (Å²) in [5, 5.41) is 0. The number of ether oxygens (including phenoxy) is 2. The molecule has 0 aliphatic carbocycles. The third-order valence-corrected chi connectivity index (χ3v) is 3.69. The Morgan fingerprint density at radius 2 is 2.00 bits per heavy atom. The van der Waals surface area contributed by atoms with Gasteiger partial charge in [-0.3, -0.25) is 0 Å². The van der Waals surface area contributed by atoms with Crippen LogP contribution in [-0.2, 0) is 6.42 Å².